The molecule has 0 unspecified atom stereocenters. The molecule has 0 aromatic carbocycles. The van der Waals surface area contributed by atoms with Gasteiger partial charge in [-0.2, -0.15) is 0 Å². The molecular formula is C18H24ClF2NO. The second-order valence-corrected chi connectivity index (χ2v) is 7.00. The lowest BCUT2D eigenvalue weighted by Crippen LogP contribution is -2.51. The number of halogens is 3. The molecule has 0 bridgehead atoms. The van der Waals surface area contributed by atoms with E-state index < -0.39 is 17.5 Å². The Morgan fingerprint density at radius 2 is 1.83 bits per heavy atom. The first-order valence-electron chi connectivity index (χ1n) is 8.25. The number of amides is 1. The lowest BCUT2D eigenvalue weighted by atomic mass is 9.87. The maximum atomic E-state index is 15.3. The van der Waals surface area contributed by atoms with Gasteiger partial charge in [-0.3, -0.25) is 4.79 Å². The predicted octanol–water partition coefficient (Wildman–Crippen LogP) is 5.11. The summed E-state index contributed by atoms with van der Waals surface area (Å²) in [6, 6.07) is -1.06. The van der Waals surface area contributed by atoms with Crippen molar-refractivity contribution in [1.82, 2.24) is 5.32 Å². The van der Waals surface area contributed by atoms with E-state index in [2.05, 4.69) is 18.5 Å². The first-order chi connectivity index (χ1) is 10.9. The minimum Gasteiger partial charge on any atom is -0.346 e. The van der Waals surface area contributed by atoms with Crippen LogP contribution in [0.2, 0.25) is 0 Å². The van der Waals surface area contributed by atoms with Crippen molar-refractivity contribution in [1.29, 1.82) is 0 Å². The number of allylic oxidation sites excluding steroid dienone is 2. The first kappa shape index (κ1) is 18.2. The normalized spacial score (nSPS) is 23.3. The third kappa shape index (κ3) is 4.03. The highest BCUT2D eigenvalue weighted by atomic mass is 35.5. The first-order valence-corrected chi connectivity index (χ1v) is 8.63. The Morgan fingerprint density at radius 1 is 1.26 bits per heavy atom. The summed E-state index contributed by atoms with van der Waals surface area (Å²) in [6.07, 6.45) is 6.87. The zero-order valence-electron chi connectivity index (χ0n) is 13.3. The maximum Gasteiger partial charge on any atom is 0.223 e. The van der Waals surface area contributed by atoms with Crippen LogP contribution in [0.5, 0.6) is 0 Å². The van der Waals surface area contributed by atoms with Gasteiger partial charge in [-0.1, -0.05) is 56.5 Å². The molecule has 0 spiro atoms. The predicted molar refractivity (Wildman–Crippen MR) is 89.5 cm³/mol. The average Bonchev–Trinajstić information content (AvgIpc) is 3.18. The van der Waals surface area contributed by atoms with Gasteiger partial charge in [0.2, 0.25) is 5.91 Å². The van der Waals surface area contributed by atoms with Crippen LogP contribution in [0.3, 0.4) is 0 Å². The van der Waals surface area contributed by atoms with Gasteiger partial charge in [0, 0.05) is 11.5 Å². The third-order valence-corrected chi connectivity index (χ3v) is 5.15. The minimum atomic E-state index is -1.67. The van der Waals surface area contributed by atoms with E-state index in [1.165, 1.54) is 6.08 Å². The van der Waals surface area contributed by atoms with Crippen LogP contribution < -0.4 is 5.32 Å². The van der Waals surface area contributed by atoms with Gasteiger partial charge in [-0.15, -0.1) is 0 Å². The molecule has 0 heterocycles. The molecule has 1 atom stereocenters. The van der Waals surface area contributed by atoms with E-state index >= 15 is 4.39 Å². The third-order valence-electron chi connectivity index (χ3n) is 4.99. The van der Waals surface area contributed by atoms with Crippen molar-refractivity contribution in [2.45, 2.75) is 63.1 Å². The Balaban J connectivity index is 2.31. The minimum absolute atomic E-state index is 0.0132. The summed E-state index contributed by atoms with van der Waals surface area (Å²) < 4.78 is 29.7. The van der Waals surface area contributed by atoms with Crippen molar-refractivity contribution in [3.63, 3.8) is 0 Å². The molecule has 23 heavy (non-hydrogen) atoms. The molecule has 5 heteroatoms. The quantitative estimate of drug-likeness (QED) is 0.667. The topological polar surface area (TPSA) is 29.1 Å². The van der Waals surface area contributed by atoms with Crippen LogP contribution in [-0.4, -0.2) is 17.6 Å². The van der Waals surface area contributed by atoms with Gasteiger partial charge in [0.15, 0.2) is 0 Å². The molecule has 2 rings (SSSR count). The van der Waals surface area contributed by atoms with Crippen LogP contribution in [0.4, 0.5) is 8.78 Å². The molecule has 0 aromatic heterocycles. The number of hydrogen-bond acceptors (Lipinski definition) is 1. The monoisotopic (exact) mass is 343 g/mol. The molecule has 0 aromatic rings. The van der Waals surface area contributed by atoms with Crippen molar-refractivity contribution in [3.8, 4) is 0 Å². The van der Waals surface area contributed by atoms with Gasteiger partial charge >= 0.3 is 0 Å². The van der Waals surface area contributed by atoms with Gasteiger partial charge in [-0.05, 0) is 25.7 Å². The van der Waals surface area contributed by atoms with Crippen molar-refractivity contribution in [2.75, 3.05) is 0 Å². The van der Waals surface area contributed by atoms with E-state index in [4.69, 9.17) is 11.6 Å². The summed E-state index contributed by atoms with van der Waals surface area (Å²) in [5.74, 6) is -1.12. The van der Waals surface area contributed by atoms with Crippen LogP contribution in [0, 0.1) is 5.92 Å². The molecule has 1 N–H and O–H groups in total. The molecule has 1 amide bonds. The second kappa shape index (κ2) is 7.61. The zero-order chi connectivity index (χ0) is 17.0. The fraction of sp³-hybridized carbons (Fsp3) is 0.611. The maximum absolute atomic E-state index is 15.3. The van der Waals surface area contributed by atoms with E-state index in [0.29, 0.717) is 12.8 Å². The molecule has 0 radical (unpaired) electrons. The Labute approximate surface area is 141 Å². The van der Waals surface area contributed by atoms with E-state index in [1.807, 2.05) is 0 Å². The van der Waals surface area contributed by atoms with Gasteiger partial charge in [0.1, 0.15) is 11.5 Å². The van der Waals surface area contributed by atoms with Crippen molar-refractivity contribution >= 4 is 17.5 Å². The summed E-state index contributed by atoms with van der Waals surface area (Å²) in [5, 5.41) is 2.44. The highest BCUT2D eigenvalue weighted by Gasteiger charge is 2.45. The van der Waals surface area contributed by atoms with Gasteiger partial charge in [0.25, 0.3) is 0 Å². The number of carbonyl (C=O) groups excluding carboxylic acids is 1. The molecule has 2 saturated carbocycles. The Kier molecular flexibility index (Phi) is 6.01. The van der Waals surface area contributed by atoms with Crippen LogP contribution >= 0.6 is 11.6 Å². The van der Waals surface area contributed by atoms with Crippen molar-refractivity contribution < 1.29 is 13.6 Å². The van der Waals surface area contributed by atoms with Crippen molar-refractivity contribution in [2.24, 2.45) is 5.92 Å². The highest BCUT2D eigenvalue weighted by Crippen LogP contribution is 2.41. The standard InChI is InChI=1S/C18H24ClF2NO/c1-3-14(15(20)12(2)19)16(18(21)10-6-7-11-18)22-17(23)13-8-4-5-9-13/h3,13,16H,1-2,4-11H2,(H,22,23)/b15-14-/t16-/m1/s1. The summed E-state index contributed by atoms with van der Waals surface area (Å²) >= 11 is 5.65. The molecule has 2 aliphatic carbocycles. The molecule has 2 nitrogen and oxygen atoms in total. The molecule has 0 saturated heterocycles. The van der Waals surface area contributed by atoms with E-state index in [-0.39, 0.29) is 22.4 Å². The fourth-order valence-electron chi connectivity index (χ4n) is 3.68. The second-order valence-electron chi connectivity index (χ2n) is 6.54. The molecular weight excluding hydrogens is 320 g/mol. The van der Waals surface area contributed by atoms with Crippen LogP contribution in [0.1, 0.15) is 51.4 Å². The van der Waals surface area contributed by atoms with Crippen LogP contribution in [-0.2, 0) is 4.79 Å². The lowest BCUT2D eigenvalue weighted by Gasteiger charge is -2.33. The number of hydrogen-bond donors (Lipinski definition) is 1. The number of rotatable bonds is 6. The fourth-order valence-corrected chi connectivity index (χ4v) is 3.79. The van der Waals surface area contributed by atoms with E-state index in [1.54, 1.807) is 0 Å². The zero-order valence-corrected chi connectivity index (χ0v) is 14.1. The van der Waals surface area contributed by atoms with Gasteiger partial charge in [0.05, 0.1) is 11.1 Å². The number of alkyl halides is 1. The molecule has 128 valence electrons. The summed E-state index contributed by atoms with van der Waals surface area (Å²) in [4.78, 5) is 12.5. The highest BCUT2D eigenvalue weighted by molar-refractivity contribution is 6.31. The Hall–Kier alpha value is -1.16. The molecule has 2 fully saturated rings. The summed E-state index contributed by atoms with van der Waals surface area (Å²) in [7, 11) is 0. The molecule has 2 aliphatic rings. The Bertz CT molecular complexity index is 517. The summed E-state index contributed by atoms with van der Waals surface area (Å²) in [5.41, 5.74) is -1.68. The molecule has 0 aliphatic heterocycles. The van der Waals surface area contributed by atoms with Gasteiger partial charge < -0.3 is 5.32 Å². The Morgan fingerprint density at radius 3 is 2.30 bits per heavy atom. The van der Waals surface area contributed by atoms with Crippen molar-refractivity contribution in [3.05, 3.63) is 35.7 Å². The largest absolute Gasteiger partial charge is 0.346 e. The number of nitrogens with one attached hydrogen (secondary N) is 1. The average molecular weight is 344 g/mol. The number of carbonyl (C=O) groups is 1. The smallest absolute Gasteiger partial charge is 0.223 e. The van der Waals surface area contributed by atoms with Crippen LogP contribution in [0.25, 0.3) is 0 Å². The van der Waals surface area contributed by atoms with E-state index in [0.717, 1.165) is 38.5 Å². The van der Waals surface area contributed by atoms with E-state index in [9.17, 15) is 9.18 Å². The lowest BCUT2D eigenvalue weighted by molar-refractivity contribution is -0.126. The van der Waals surface area contributed by atoms with Gasteiger partial charge in [-0.25, -0.2) is 8.78 Å². The summed E-state index contributed by atoms with van der Waals surface area (Å²) in [6.45, 7) is 6.94. The SMILES string of the molecule is C=C/C(=C(/F)C(=C)Cl)[C@@H](NC(=O)C1CCCC1)C1(F)CCCC1. The van der Waals surface area contributed by atoms with Crippen LogP contribution in [0.15, 0.2) is 35.7 Å².